The zero-order chi connectivity index (χ0) is 5.98. The van der Waals surface area contributed by atoms with Gasteiger partial charge in [-0.1, -0.05) is 0 Å². The lowest BCUT2D eigenvalue weighted by atomic mass is 10.6. The minimum absolute atomic E-state index is 0.273. The Morgan fingerprint density at radius 2 is 2.75 bits per heavy atom. The molecule has 1 aliphatic heterocycles. The summed E-state index contributed by atoms with van der Waals surface area (Å²) in [7, 11) is 0. The van der Waals surface area contributed by atoms with Gasteiger partial charge in [0.25, 0.3) is 0 Å². The zero-order valence-corrected chi connectivity index (χ0v) is 3.90. The van der Waals surface area contributed by atoms with Crippen LogP contribution in [0, 0.1) is 10.1 Å². The third-order valence-electron chi connectivity index (χ3n) is 0.678. The van der Waals surface area contributed by atoms with E-state index in [1.54, 1.807) is 0 Å². The average molecular weight is 115 g/mol. The third-order valence-corrected chi connectivity index (χ3v) is 0.678. The van der Waals surface area contributed by atoms with E-state index in [0.29, 0.717) is 0 Å². The molecule has 1 aliphatic rings. The van der Waals surface area contributed by atoms with Crippen molar-refractivity contribution in [3.63, 3.8) is 0 Å². The fourth-order valence-corrected chi connectivity index (χ4v) is 0.364. The molecule has 8 heavy (non-hydrogen) atoms. The van der Waals surface area contributed by atoms with Gasteiger partial charge in [0.05, 0.1) is 12.6 Å². The maximum absolute atomic E-state index is 9.75. The summed E-state index contributed by atoms with van der Waals surface area (Å²) < 4.78 is 0. The number of rotatable bonds is 1. The van der Waals surface area contributed by atoms with Crippen LogP contribution in [0.2, 0.25) is 0 Å². The first kappa shape index (κ1) is 5.04. The Morgan fingerprint density at radius 1 is 2.00 bits per heavy atom. The summed E-state index contributed by atoms with van der Waals surface area (Å²) in [6.07, 6.45) is 1.31. The Hall–Kier alpha value is -1.10. The quantitative estimate of drug-likeness (QED) is 0.346. The highest BCUT2D eigenvalue weighted by molar-refractivity contribution is 4.87. The number of nitro groups is 1. The van der Waals surface area contributed by atoms with Crippen LogP contribution in [0.15, 0.2) is 12.0 Å². The first-order chi connectivity index (χ1) is 3.80. The van der Waals surface area contributed by atoms with Gasteiger partial charge in [-0.05, 0) is 5.48 Å². The highest BCUT2D eigenvalue weighted by Crippen LogP contribution is 2.00. The van der Waals surface area contributed by atoms with Crippen molar-refractivity contribution in [3.8, 4) is 0 Å². The molecule has 0 bridgehead atoms. The van der Waals surface area contributed by atoms with Crippen molar-refractivity contribution in [3.05, 3.63) is 22.1 Å². The smallest absolute Gasteiger partial charge is 0.323 e. The van der Waals surface area contributed by atoms with Gasteiger partial charge in [0.1, 0.15) is 4.92 Å². The number of nitrogens with zero attached hydrogens (tertiary/aromatic N) is 2. The number of hydrogen-bond acceptors (Lipinski definition) is 3. The second-order valence-electron chi connectivity index (χ2n) is 1.20. The first-order valence-corrected chi connectivity index (χ1v) is 1.99. The van der Waals surface area contributed by atoms with Crippen molar-refractivity contribution in [2.24, 2.45) is 0 Å². The monoisotopic (exact) mass is 115 g/mol. The van der Waals surface area contributed by atoms with E-state index >= 15 is 0 Å². The first-order valence-electron chi connectivity index (χ1n) is 1.99. The van der Waals surface area contributed by atoms with Crippen LogP contribution in [0.4, 0.5) is 0 Å². The Balaban J connectivity index is 2.57. The summed E-state index contributed by atoms with van der Waals surface area (Å²) in [6, 6.07) is 0. The molecule has 0 spiro atoms. The van der Waals surface area contributed by atoms with Crippen molar-refractivity contribution in [1.82, 2.24) is 5.48 Å². The summed E-state index contributed by atoms with van der Waals surface area (Å²) in [6.45, 7) is 0.288. The minimum atomic E-state index is -0.615. The molecule has 1 rings (SSSR count). The lowest BCUT2D eigenvalue weighted by Crippen LogP contribution is -2.01. The van der Waals surface area contributed by atoms with Crippen LogP contribution in [0.25, 0.3) is 0 Å². The molecule has 5 nitrogen and oxygen atoms in total. The summed E-state index contributed by atoms with van der Waals surface area (Å²) in [4.78, 5) is 13.3. The molecule has 0 atom stereocenters. The van der Waals surface area contributed by atoms with Gasteiger partial charge in [0.2, 0.25) is 0 Å². The molecule has 0 aromatic heterocycles. The fraction of sp³-hybridized carbons (Fsp3) is 0.333. The van der Waals surface area contributed by atoms with Crippen molar-refractivity contribution < 1.29 is 9.76 Å². The molecule has 0 aromatic carbocycles. The summed E-state index contributed by atoms with van der Waals surface area (Å²) in [5.41, 5.74) is 3.25. The molecule has 1 heterocycles. The van der Waals surface area contributed by atoms with Gasteiger partial charge in [-0.15, -0.1) is 0 Å². The molecule has 43 valence electrons. The van der Waals surface area contributed by atoms with Gasteiger partial charge in [-0.3, -0.25) is 10.1 Å². The number of hydroxylamine groups is 1. The molecule has 0 fully saturated rings. The Labute approximate surface area is 45.0 Å². The van der Waals surface area contributed by atoms with Gasteiger partial charge in [0, 0.05) is 0 Å². The van der Waals surface area contributed by atoms with Crippen molar-refractivity contribution >= 4 is 0 Å². The van der Waals surface area contributed by atoms with Crippen LogP contribution < -0.4 is 5.48 Å². The van der Waals surface area contributed by atoms with E-state index in [1.807, 2.05) is 0 Å². The highest BCUT2D eigenvalue weighted by Gasteiger charge is 2.17. The Morgan fingerprint density at radius 3 is 3.00 bits per heavy atom. The number of hydrogen-bond donors (Lipinski definition) is 0. The topological polar surface area (TPSA) is 66.5 Å². The van der Waals surface area contributed by atoms with Crippen LogP contribution in [-0.4, -0.2) is 11.5 Å². The van der Waals surface area contributed by atoms with Crippen LogP contribution in [0.5, 0.6) is 0 Å². The third kappa shape index (κ3) is 0.760. The van der Waals surface area contributed by atoms with E-state index in [2.05, 4.69) is 10.3 Å². The van der Waals surface area contributed by atoms with E-state index in [-0.39, 0.29) is 12.4 Å². The summed E-state index contributed by atoms with van der Waals surface area (Å²) in [5.74, 6) is -0.273. The lowest BCUT2D eigenvalue weighted by molar-refractivity contribution is -0.465. The molecular weight excluding hydrogens is 112 g/mol. The zero-order valence-electron chi connectivity index (χ0n) is 3.90. The van der Waals surface area contributed by atoms with Crippen molar-refractivity contribution in [2.45, 2.75) is 0 Å². The van der Waals surface area contributed by atoms with Gasteiger partial charge < -0.3 is 4.84 Å². The van der Waals surface area contributed by atoms with Gasteiger partial charge in [-0.2, -0.15) is 0 Å². The summed E-state index contributed by atoms with van der Waals surface area (Å²) in [5, 5.41) is 9.75. The average Bonchev–Trinajstić information content (AvgIpc) is 2.12. The van der Waals surface area contributed by atoms with E-state index in [1.165, 1.54) is 6.08 Å². The van der Waals surface area contributed by atoms with E-state index in [0.717, 1.165) is 0 Å². The SMILES string of the molecule is O=[N+]([O-])C1=CC[N]O1. The molecule has 0 aromatic rings. The van der Waals surface area contributed by atoms with Crippen LogP contribution in [0.3, 0.4) is 0 Å². The Kier molecular flexibility index (Phi) is 1.13. The molecule has 0 unspecified atom stereocenters. The Bertz CT molecular complexity index is 141. The minimum Gasteiger partial charge on any atom is -0.323 e. The van der Waals surface area contributed by atoms with Gasteiger partial charge >= 0.3 is 5.88 Å². The molecule has 0 saturated carbocycles. The van der Waals surface area contributed by atoms with Crippen LogP contribution in [0.1, 0.15) is 0 Å². The standard InChI is InChI=1S/C3H3N2O3/c6-5(7)3-1-2-4-8-3/h1H,2H2. The van der Waals surface area contributed by atoms with E-state index in [4.69, 9.17) is 0 Å². The maximum Gasteiger partial charge on any atom is 0.445 e. The lowest BCUT2D eigenvalue weighted by Gasteiger charge is -1.86. The van der Waals surface area contributed by atoms with Crippen LogP contribution in [-0.2, 0) is 4.84 Å². The second-order valence-corrected chi connectivity index (χ2v) is 1.20. The predicted molar refractivity (Wildman–Crippen MR) is 23.2 cm³/mol. The molecule has 0 aliphatic carbocycles. The highest BCUT2D eigenvalue weighted by atomic mass is 16.7. The van der Waals surface area contributed by atoms with E-state index < -0.39 is 4.92 Å². The maximum atomic E-state index is 9.75. The molecule has 0 N–H and O–H groups in total. The van der Waals surface area contributed by atoms with Crippen LogP contribution >= 0.6 is 0 Å². The molecule has 5 heteroatoms. The van der Waals surface area contributed by atoms with Gasteiger partial charge in [0.15, 0.2) is 0 Å². The second kappa shape index (κ2) is 1.79. The summed E-state index contributed by atoms with van der Waals surface area (Å²) >= 11 is 0. The molecule has 0 saturated heterocycles. The molecule has 0 amide bonds. The van der Waals surface area contributed by atoms with Crippen molar-refractivity contribution in [2.75, 3.05) is 6.54 Å². The molecular formula is C3H3N2O3. The predicted octanol–water partition coefficient (Wildman–Crippen LogP) is -0.346. The normalized spacial score (nSPS) is 17.2. The van der Waals surface area contributed by atoms with E-state index in [9.17, 15) is 10.1 Å². The van der Waals surface area contributed by atoms with Crippen molar-refractivity contribution in [1.29, 1.82) is 0 Å². The fourth-order valence-electron chi connectivity index (χ4n) is 0.364. The van der Waals surface area contributed by atoms with Gasteiger partial charge in [-0.25, -0.2) is 0 Å². The largest absolute Gasteiger partial charge is 0.445 e. The molecule has 1 radical (unpaired) electrons.